The van der Waals surface area contributed by atoms with Crippen LogP contribution in [-0.2, 0) is 28.6 Å². The van der Waals surface area contributed by atoms with Gasteiger partial charge in [0.2, 0.25) is 0 Å². The lowest BCUT2D eigenvalue weighted by molar-refractivity contribution is -0.889. The molecule has 2 atom stereocenters. The van der Waals surface area contributed by atoms with Crippen LogP contribution in [0.5, 0.6) is 0 Å². The van der Waals surface area contributed by atoms with Crippen LogP contribution in [0.25, 0.3) is 0 Å². The van der Waals surface area contributed by atoms with Crippen LogP contribution in [0.3, 0.4) is 0 Å². The van der Waals surface area contributed by atoms with Gasteiger partial charge in [-0.3, -0.25) is 9.59 Å². The third kappa shape index (κ3) is 25.5. The van der Waals surface area contributed by atoms with Crippen molar-refractivity contribution in [3.8, 4) is 0 Å². The van der Waals surface area contributed by atoms with Gasteiger partial charge in [0.15, 0.2) is 6.10 Å². The standard InChI is InChI=1S/C34H61NO7/c1-6-7-8-9-10-11-12-13-14-15-16-17-18-19-20-21-22-23-24-25-33(37)42-31(29-41-30(2)36)28-40-27-26-32(34(38)39)35(3,4)5/h10-11,13-14,31-32H,6-9,12,15-29H2,1-5H3/b11-10-,14-13-. The zero-order chi connectivity index (χ0) is 31.5. The van der Waals surface area contributed by atoms with Crippen LogP contribution in [0, 0.1) is 0 Å². The van der Waals surface area contributed by atoms with Crippen LogP contribution in [0.4, 0.5) is 0 Å². The van der Waals surface area contributed by atoms with E-state index in [1.54, 1.807) is 21.1 Å². The van der Waals surface area contributed by atoms with E-state index in [1.165, 1.54) is 77.6 Å². The molecule has 244 valence electrons. The molecule has 8 heteroatoms. The van der Waals surface area contributed by atoms with Gasteiger partial charge in [-0.05, 0) is 38.5 Å². The Morgan fingerprint density at radius 2 is 1.31 bits per heavy atom. The highest BCUT2D eigenvalue weighted by molar-refractivity contribution is 5.70. The highest BCUT2D eigenvalue weighted by Crippen LogP contribution is 2.13. The van der Waals surface area contributed by atoms with E-state index in [4.69, 9.17) is 14.2 Å². The highest BCUT2D eigenvalue weighted by atomic mass is 16.6. The number of aliphatic carboxylic acids is 1. The largest absolute Gasteiger partial charge is 0.544 e. The number of carboxylic acids is 1. The van der Waals surface area contributed by atoms with Gasteiger partial charge in [0.05, 0.1) is 40.3 Å². The molecular weight excluding hydrogens is 534 g/mol. The third-order valence-electron chi connectivity index (χ3n) is 7.15. The summed E-state index contributed by atoms with van der Waals surface area (Å²) in [5.74, 6) is -1.94. The highest BCUT2D eigenvalue weighted by Gasteiger charge is 2.25. The molecule has 0 aromatic rings. The summed E-state index contributed by atoms with van der Waals surface area (Å²) in [5, 5.41) is 11.4. The summed E-state index contributed by atoms with van der Waals surface area (Å²) in [4.78, 5) is 34.9. The number of unbranched alkanes of at least 4 members (excludes halogenated alkanes) is 12. The van der Waals surface area contributed by atoms with Crippen molar-refractivity contribution in [1.82, 2.24) is 0 Å². The minimum Gasteiger partial charge on any atom is -0.544 e. The maximum atomic E-state index is 12.3. The average molecular weight is 596 g/mol. The van der Waals surface area contributed by atoms with E-state index in [2.05, 4.69) is 31.2 Å². The van der Waals surface area contributed by atoms with Gasteiger partial charge in [-0.1, -0.05) is 89.0 Å². The Morgan fingerprint density at radius 1 is 0.762 bits per heavy atom. The molecule has 0 amide bonds. The molecule has 0 heterocycles. The lowest BCUT2D eigenvalue weighted by Crippen LogP contribution is -2.55. The van der Waals surface area contributed by atoms with Crippen LogP contribution < -0.4 is 5.11 Å². The Kier molecular flexibility index (Phi) is 25.1. The quantitative estimate of drug-likeness (QED) is 0.0468. The van der Waals surface area contributed by atoms with Gasteiger partial charge in [-0.2, -0.15) is 0 Å². The fourth-order valence-electron chi connectivity index (χ4n) is 4.59. The molecule has 0 N–H and O–H groups in total. The predicted octanol–water partition coefficient (Wildman–Crippen LogP) is 6.07. The maximum absolute atomic E-state index is 12.3. The van der Waals surface area contributed by atoms with E-state index < -0.39 is 24.1 Å². The number of carboxylic acid groups (broad SMARTS) is 1. The molecule has 0 aliphatic carbocycles. The number of carbonyl (C=O) groups excluding carboxylic acids is 3. The maximum Gasteiger partial charge on any atom is 0.306 e. The van der Waals surface area contributed by atoms with E-state index in [-0.39, 0.29) is 36.7 Å². The Morgan fingerprint density at radius 3 is 1.83 bits per heavy atom. The summed E-state index contributed by atoms with van der Waals surface area (Å²) in [6.45, 7) is 3.63. The predicted molar refractivity (Wildman–Crippen MR) is 167 cm³/mol. The van der Waals surface area contributed by atoms with Crippen LogP contribution in [-0.4, -0.2) is 75.5 Å². The van der Waals surface area contributed by atoms with Crippen molar-refractivity contribution in [3.05, 3.63) is 24.3 Å². The first kappa shape index (κ1) is 39.8. The monoisotopic (exact) mass is 595 g/mol. The average Bonchev–Trinajstić information content (AvgIpc) is 2.91. The number of ether oxygens (including phenoxy) is 3. The van der Waals surface area contributed by atoms with Crippen molar-refractivity contribution in [3.63, 3.8) is 0 Å². The Labute approximate surface area is 256 Å². The number of nitrogens with zero attached hydrogens (tertiary/aromatic N) is 1. The number of carbonyl (C=O) groups is 3. The van der Waals surface area contributed by atoms with Crippen molar-refractivity contribution >= 4 is 17.9 Å². The second kappa shape index (κ2) is 26.4. The molecule has 0 aliphatic heterocycles. The van der Waals surface area contributed by atoms with Gasteiger partial charge < -0.3 is 28.6 Å². The second-order valence-corrected chi connectivity index (χ2v) is 12.1. The fourth-order valence-corrected chi connectivity index (χ4v) is 4.59. The first-order chi connectivity index (χ1) is 20.1. The minimum absolute atomic E-state index is 0.0305. The van der Waals surface area contributed by atoms with Gasteiger partial charge >= 0.3 is 11.9 Å². The Hall–Kier alpha value is -2.19. The number of esters is 2. The number of hydrogen-bond donors (Lipinski definition) is 0. The zero-order valence-corrected chi connectivity index (χ0v) is 27.4. The molecule has 0 aromatic carbocycles. The van der Waals surface area contributed by atoms with Crippen LogP contribution in [0.1, 0.15) is 123 Å². The number of hydrogen-bond acceptors (Lipinski definition) is 7. The molecule has 0 radical (unpaired) electrons. The SMILES string of the molecule is CCCCC/C=C\C/C=C\CCCCCCCCCCCC(=O)OC(COCCC(C(=O)[O-])[N+](C)(C)C)COC(C)=O. The lowest BCUT2D eigenvalue weighted by Gasteiger charge is -2.34. The second-order valence-electron chi connectivity index (χ2n) is 12.1. The third-order valence-corrected chi connectivity index (χ3v) is 7.15. The van der Waals surface area contributed by atoms with Crippen LogP contribution in [0.15, 0.2) is 24.3 Å². The van der Waals surface area contributed by atoms with Gasteiger partial charge in [-0.15, -0.1) is 0 Å². The van der Waals surface area contributed by atoms with E-state index in [1.807, 2.05) is 0 Å². The molecule has 0 fully saturated rings. The topological polar surface area (TPSA) is 102 Å². The molecule has 0 saturated carbocycles. The normalized spacial score (nSPS) is 13.5. The van der Waals surface area contributed by atoms with E-state index >= 15 is 0 Å². The van der Waals surface area contributed by atoms with Gasteiger partial charge in [-0.25, -0.2) is 0 Å². The van der Waals surface area contributed by atoms with Crippen LogP contribution >= 0.6 is 0 Å². The van der Waals surface area contributed by atoms with E-state index in [0.29, 0.717) is 6.42 Å². The lowest BCUT2D eigenvalue weighted by atomic mass is 10.1. The first-order valence-electron chi connectivity index (χ1n) is 16.3. The molecular formula is C34H61NO7. The number of allylic oxidation sites excluding steroid dienone is 4. The molecule has 0 aromatic heterocycles. The number of rotatable bonds is 28. The first-order valence-corrected chi connectivity index (χ1v) is 16.3. The van der Waals surface area contributed by atoms with Gasteiger partial charge in [0.1, 0.15) is 12.6 Å². The summed E-state index contributed by atoms with van der Waals surface area (Å²) in [6.07, 6.45) is 26.7. The molecule has 8 nitrogen and oxygen atoms in total. The minimum atomic E-state index is -1.13. The van der Waals surface area contributed by atoms with Crippen LogP contribution in [0.2, 0.25) is 0 Å². The van der Waals surface area contributed by atoms with Crippen molar-refractivity contribution < 1.29 is 38.2 Å². The van der Waals surface area contributed by atoms with Gasteiger partial charge in [0, 0.05) is 19.8 Å². The van der Waals surface area contributed by atoms with E-state index in [9.17, 15) is 19.5 Å². The van der Waals surface area contributed by atoms with Crippen molar-refractivity contribution in [2.24, 2.45) is 0 Å². The smallest absolute Gasteiger partial charge is 0.306 e. The Balaban J connectivity index is 3.91. The Bertz CT molecular complexity index is 757. The molecule has 0 rings (SSSR count). The number of likely N-dealkylation sites (N-methyl/N-ethyl adjacent to an activating group) is 1. The van der Waals surface area contributed by atoms with Crippen molar-refractivity contribution in [2.45, 2.75) is 135 Å². The molecule has 0 spiro atoms. The number of quaternary nitrogens is 1. The molecule has 0 bridgehead atoms. The van der Waals surface area contributed by atoms with Crippen molar-refractivity contribution in [2.75, 3.05) is 41.0 Å². The van der Waals surface area contributed by atoms with E-state index in [0.717, 1.165) is 25.7 Å². The molecule has 0 aliphatic rings. The van der Waals surface area contributed by atoms with Gasteiger partial charge in [0.25, 0.3) is 0 Å². The molecule has 42 heavy (non-hydrogen) atoms. The summed E-state index contributed by atoms with van der Waals surface area (Å²) < 4.78 is 16.3. The summed E-state index contributed by atoms with van der Waals surface area (Å²) in [5.41, 5.74) is 0. The molecule has 0 saturated heterocycles. The zero-order valence-electron chi connectivity index (χ0n) is 27.4. The summed E-state index contributed by atoms with van der Waals surface area (Å²) in [7, 11) is 5.34. The summed E-state index contributed by atoms with van der Waals surface area (Å²) >= 11 is 0. The van der Waals surface area contributed by atoms with Crippen molar-refractivity contribution in [1.29, 1.82) is 0 Å². The molecule has 2 unspecified atom stereocenters. The summed E-state index contributed by atoms with van der Waals surface area (Å²) in [6, 6.07) is -0.718. The fraction of sp³-hybridized carbons (Fsp3) is 0.794.